The van der Waals surface area contributed by atoms with Gasteiger partial charge in [0.1, 0.15) is 5.76 Å². The first-order valence-electron chi connectivity index (χ1n) is 11.8. The monoisotopic (exact) mass is 505 g/mol. The van der Waals surface area contributed by atoms with Crippen LogP contribution in [0.5, 0.6) is 11.5 Å². The molecule has 1 aromatic carbocycles. The average Bonchev–Trinajstić information content (AvgIpc) is 3.18. The van der Waals surface area contributed by atoms with E-state index in [-0.39, 0.29) is 29.7 Å². The summed E-state index contributed by atoms with van der Waals surface area (Å²) in [6, 6.07) is 2.99. The Morgan fingerprint density at radius 1 is 1.28 bits per heavy atom. The maximum atomic E-state index is 12.8. The molecule has 3 aliphatic rings. The van der Waals surface area contributed by atoms with Crippen LogP contribution in [-0.2, 0) is 29.3 Å². The Hall–Kier alpha value is -3.15. The lowest BCUT2D eigenvalue weighted by Gasteiger charge is -2.58. The van der Waals surface area contributed by atoms with E-state index in [1.54, 1.807) is 12.1 Å². The number of phenolic OH excluding ortho intramolecular Hbond substituents is 1. The van der Waals surface area contributed by atoms with Gasteiger partial charge < -0.3 is 39.5 Å². The summed E-state index contributed by atoms with van der Waals surface area (Å²) in [5, 5.41) is 41.1. The summed E-state index contributed by atoms with van der Waals surface area (Å²) in [5.74, 6) is -3.36. The van der Waals surface area contributed by atoms with Gasteiger partial charge in [-0.2, -0.15) is 0 Å². The van der Waals surface area contributed by atoms with Gasteiger partial charge in [-0.05, 0) is 58.5 Å². The number of aromatic hydroxyl groups is 1. The molecule has 11 heteroatoms. The van der Waals surface area contributed by atoms with Gasteiger partial charge >= 0.3 is 17.9 Å². The molecule has 0 radical (unpaired) electrons. The number of carboxylic acids is 1. The number of esters is 2. The van der Waals surface area contributed by atoms with Gasteiger partial charge in [-0.15, -0.1) is 0 Å². The highest BCUT2D eigenvalue weighted by molar-refractivity contribution is 5.84. The first kappa shape index (κ1) is 25.9. The predicted octanol–water partition coefficient (Wildman–Crippen LogP) is 0.753. The van der Waals surface area contributed by atoms with Crippen molar-refractivity contribution in [1.29, 1.82) is 0 Å². The molecule has 2 aliphatic heterocycles. The van der Waals surface area contributed by atoms with Crippen LogP contribution < -0.4 is 4.74 Å². The van der Waals surface area contributed by atoms with Gasteiger partial charge in [0.05, 0.1) is 17.4 Å². The van der Waals surface area contributed by atoms with Crippen LogP contribution >= 0.6 is 0 Å². The van der Waals surface area contributed by atoms with Gasteiger partial charge in [0.15, 0.2) is 29.8 Å². The van der Waals surface area contributed by atoms with Crippen molar-refractivity contribution in [2.24, 2.45) is 0 Å². The van der Waals surface area contributed by atoms with Gasteiger partial charge in [-0.3, -0.25) is 4.79 Å². The zero-order valence-electron chi connectivity index (χ0n) is 20.6. The normalized spacial score (nSPS) is 30.6. The van der Waals surface area contributed by atoms with E-state index in [2.05, 4.69) is 0 Å². The van der Waals surface area contributed by atoms with E-state index in [1.165, 1.54) is 13.0 Å². The topological polar surface area (TPSA) is 163 Å². The number of carboxylic acid groups (broad SMARTS) is 1. The second-order valence-electron chi connectivity index (χ2n) is 9.83. The van der Waals surface area contributed by atoms with E-state index < -0.39 is 53.7 Å². The van der Waals surface area contributed by atoms with Crippen LogP contribution in [0, 0.1) is 6.92 Å². The zero-order valence-corrected chi connectivity index (χ0v) is 20.6. The number of carbonyl (C=O) groups is 3. The molecule has 0 unspecified atom stereocenters. The number of aliphatic hydroxyl groups excluding tert-OH is 1. The molecule has 1 aliphatic carbocycles. The number of hydrogen-bond donors (Lipinski definition) is 4. The summed E-state index contributed by atoms with van der Waals surface area (Å²) in [6.45, 7) is 5.65. The molecule has 2 heterocycles. The molecular weight excluding hydrogens is 474 g/mol. The Morgan fingerprint density at radius 2 is 1.97 bits per heavy atom. The van der Waals surface area contributed by atoms with Gasteiger partial charge in [0.2, 0.25) is 0 Å². The van der Waals surface area contributed by atoms with E-state index in [0.29, 0.717) is 18.5 Å². The number of aliphatic carboxylic acids is 1. The van der Waals surface area contributed by atoms with Crippen LogP contribution in [0.4, 0.5) is 0 Å². The SMILES string of the molecule is Cc1ccc(O)c2c1[C@]13CCN(C)[C@H](C)[C@]1(O)CC=C(OC(=O)[C@H](C)OC(=O)[C@@H](O)CC(=O)O)[C@@H]3O2. The number of phenols is 1. The molecule has 1 fully saturated rings. The number of ether oxygens (including phenoxy) is 3. The predicted molar refractivity (Wildman–Crippen MR) is 123 cm³/mol. The molecule has 36 heavy (non-hydrogen) atoms. The van der Waals surface area contributed by atoms with E-state index in [9.17, 15) is 29.7 Å². The minimum atomic E-state index is -1.93. The molecule has 4 rings (SSSR count). The standard InChI is InChI=1S/C25H31NO10/c1-12-5-6-15(27)20-19(12)24-9-10-26(4)14(3)25(24,33)8-7-17(21(24)36-20)35-22(31)13(2)34-23(32)16(28)11-18(29)30/h5-7,13-14,16,21,27-28,33H,8-11H2,1-4H3,(H,29,30)/t13-,14+,16-,21-,24-,25+/m0/s1. The van der Waals surface area contributed by atoms with E-state index in [0.717, 1.165) is 5.56 Å². The minimum Gasteiger partial charge on any atom is -0.504 e. The van der Waals surface area contributed by atoms with Crippen molar-refractivity contribution < 1.29 is 49.0 Å². The highest BCUT2D eigenvalue weighted by Gasteiger charge is 2.69. The number of likely N-dealkylation sites (tertiary alicyclic amines) is 1. The third kappa shape index (κ3) is 3.82. The van der Waals surface area contributed by atoms with Crippen molar-refractivity contribution in [1.82, 2.24) is 4.90 Å². The number of fused-ring (bicyclic) bond motifs is 1. The first-order chi connectivity index (χ1) is 16.8. The van der Waals surface area contributed by atoms with Crippen molar-refractivity contribution in [3.63, 3.8) is 0 Å². The van der Waals surface area contributed by atoms with Crippen molar-refractivity contribution >= 4 is 17.9 Å². The third-order valence-electron chi connectivity index (χ3n) is 7.81. The fourth-order valence-corrected chi connectivity index (χ4v) is 5.75. The van der Waals surface area contributed by atoms with Gasteiger partial charge in [0.25, 0.3) is 0 Å². The summed E-state index contributed by atoms with van der Waals surface area (Å²) in [5.41, 5.74) is -0.821. The highest BCUT2D eigenvalue weighted by Crippen LogP contribution is 2.62. The lowest BCUT2D eigenvalue weighted by Crippen LogP contribution is -2.71. The second kappa shape index (κ2) is 9.06. The molecular formula is C25H31NO10. The Bertz CT molecular complexity index is 1130. The quantitative estimate of drug-likeness (QED) is 0.404. The number of aryl methyl sites for hydroxylation is 1. The molecule has 1 aromatic rings. The number of aliphatic hydroxyl groups is 2. The fourth-order valence-electron chi connectivity index (χ4n) is 5.75. The number of likely N-dealkylation sites (N-methyl/N-ethyl adjacent to an activating group) is 1. The smallest absolute Gasteiger partial charge is 0.352 e. The Labute approximate surface area is 207 Å². The molecule has 196 valence electrons. The van der Waals surface area contributed by atoms with Crippen LogP contribution in [-0.4, -0.2) is 86.8 Å². The molecule has 0 aromatic heterocycles. The van der Waals surface area contributed by atoms with E-state index in [4.69, 9.17) is 19.3 Å². The third-order valence-corrected chi connectivity index (χ3v) is 7.81. The Morgan fingerprint density at radius 3 is 2.64 bits per heavy atom. The van der Waals surface area contributed by atoms with Crippen molar-refractivity contribution in [2.75, 3.05) is 13.6 Å². The molecule has 0 amide bonds. The van der Waals surface area contributed by atoms with Crippen molar-refractivity contribution in [3.05, 3.63) is 35.1 Å². The maximum Gasteiger partial charge on any atom is 0.352 e. The Kier molecular flexibility index (Phi) is 6.52. The van der Waals surface area contributed by atoms with Crippen LogP contribution in [0.15, 0.2) is 24.0 Å². The lowest BCUT2D eigenvalue weighted by molar-refractivity contribution is -0.176. The fraction of sp³-hybridized carbons (Fsp3) is 0.560. The van der Waals surface area contributed by atoms with Gasteiger partial charge in [-0.1, -0.05) is 6.07 Å². The number of nitrogens with zero attached hydrogens (tertiary/aromatic N) is 1. The van der Waals surface area contributed by atoms with Crippen LogP contribution in [0.2, 0.25) is 0 Å². The minimum absolute atomic E-state index is 0.0892. The number of carbonyl (C=O) groups excluding carboxylic acids is 2. The number of piperidine rings is 1. The molecule has 1 spiro atoms. The molecule has 11 nitrogen and oxygen atoms in total. The molecule has 6 atom stereocenters. The molecule has 0 saturated carbocycles. The van der Waals surface area contributed by atoms with Crippen molar-refractivity contribution in [2.45, 2.75) is 75.4 Å². The highest BCUT2D eigenvalue weighted by atomic mass is 16.6. The number of rotatable bonds is 6. The Balaban J connectivity index is 1.65. The molecule has 0 bridgehead atoms. The van der Waals surface area contributed by atoms with Gasteiger partial charge in [0, 0.05) is 18.0 Å². The van der Waals surface area contributed by atoms with Gasteiger partial charge in [-0.25, -0.2) is 9.59 Å². The van der Waals surface area contributed by atoms with Crippen molar-refractivity contribution in [3.8, 4) is 11.5 Å². The van der Waals surface area contributed by atoms with Crippen LogP contribution in [0.1, 0.15) is 44.2 Å². The van der Waals surface area contributed by atoms with Crippen LogP contribution in [0.3, 0.4) is 0 Å². The molecule has 4 N–H and O–H groups in total. The largest absolute Gasteiger partial charge is 0.504 e. The molecule has 1 saturated heterocycles. The summed E-state index contributed by atoms with van der Waals surface area (Å²) >= 11 is 0. The summed E-state index contributed by atoms with van der Waals surface area (Å²) in [6.07, 6.45) is -3.00. The average molecular weight is 506 g/mol. The summed E-state index contributed by atoms with van der Waals surface area (Å²) < 4.78 is 16.7. The lowest BCUT2D eigenvalue weighted by atomic mass is 9.54. The number of benzene rings is 1. The zero-order chi connectivity index (χ0) is 26.6. The summed E-state index contributed by atoms with van der Waals surface area (Å²) in [7, 11) is 1.92. The summed E-state index contributed by atoms with van der Waals surface area (Å²) in [4.78, 5) is 37.5. The maximum absolute atomic E-state index is 12.8. The first-order valence-corrected chi connectivity index (χ1v) is 11.8. The van der Waals surface area contributed by atoms with E-state index in [1.807, 2.05) is 25.8 Å². The van der Waals surface area contributed by atoms with E-state index >= 15 is 0 Å². The number of hydrogen-bond acceptors (Lipinski definition) is 10. The second-order valence-corrected chi connectivity index (χ2v) is 9.83. The van der Waals surface area contributed by atoms with Crippen LogP contribution in [0.25, 0.3) is 0 Å².